The van der Waals surface area contributed by atoms with Crippen LogP contribution in [-0.2, 0) is 6.54 Å². The molecule has 0 unspecified atom stereocenters. The van der Waals surface area contributed by atoms with E-state index >= 15 is 0 Å². The molecular formula is C20H18N2O3S. The lowest BCUT2D eigenvalue weighted by Gasteiger charge is -2.43. The molecule has 0 aliphatic carbocycles. The number of hydrogen-bond donors (Lipinski definition) is 0. The number of carbonyl (C=O) groups is 1. The van der Waals surface area contributed by atoms with Crippen LogP contribution in [0.1, 0.15) is 27.7 Å². The van der Waals surface area contributed by atoms with Crippen molar-refractivity contribution in [1.82, 2.24) is 9.47 Å². The van der Waals surface area contributed by atoms with Gasteiger partial charge in [0.25, 0.3) is 11.5 Å². The van der Waals surface area contributed by atoms with E-state index in [0.29, 0.717) is 25.6 Å². The lowest BCUT2D eigenvalue weighted by molar-refractivity contribution is 0.0600. The number of aromatic nitrogens is 1. The lowest BCUT2D eigenvalue weighted by atomic mass is 9.81. The highest BCUT2D eigenvalue weighted by Crippen LogP contribution is 2.40. The molecule has 2 atom stereocenters. The van der Waals surface area contributed by atoms with Crippen LogP contribution in [0.5, 0.6) is 0 Å². The summed E-state index contributed by atoms with van der Waals surface area (Å²) >= 11 is 1.48. The van der Waals surface area contributed by atoms with Crippen molar-refractivity contribution < 1.29 is 9.21 Å². The van der Waals surface area contributed by atoms with Crippen molar-refractivity contribution in [3.8, 4) is 11.3 Å². The summed E-state index contributed by atoms with van der Waals surface area (Å²) in [6.45, 7) is 2.02. The summed E-state index contributed by atoms with van der Waals surface area (Å²) in [5, 5.41) is 1.93. The second-order valence-corrected chi connectivity index (χ2v) is 7.99. The van der Waals surface area contributed by atoms with E-state index in [-0.39, 0.29) is 17.4 Å². The van der Waals surface area contributed by atoms with Crippen LogP contribution in [0.4, 0.5) is 0 Å². The SMILES string of the molecule is O=C(c1cccs1)N1C[C@@H]2C[C@H](C1)c1c(-c3ccco3)ccc(=O)n1C2. The summed E-state index contributed by atoms with van der Waals surface area (Å²) in [5.74, 6) is 1.34. The van der Waals surface area contributed by atoms with Crippen molar-refractivity contribution in [2.45, 2.75) is 18.9 Å². The van der Waals surface area contributed by atoms with Crippen molar-refractivity contribution in [2.24, 2.45) is 5.92 Å². The number of pyridine rings is 1. The number of fused-ring (bicyclic) bond motifs is 4. The van der Waals surface area contributed by atoms with Gasteiger partial charge in [-0.2, -0.15) is 0 Å². The molecule has 1 amide bonds. The molecule has 2 aliphatic rings. The third-order valence-electron chi connectivity index (χ3n) is 5.40. The minimum atomic E-state index is 0.0306. The van der Waals surface area contributed by atoms with Gasteiger partial charge in [0.1, 0.15) is 5.76 Å². The van der Waals surface area contributed by atoms with E-state index in [4.69, 9.17) is 4.42 Å². The number of amides is 1. The molecule has 1 fully saturated rings. The second kappa shape index (κ2) is 5.99. The van der Waals surface area contributed by atoms with Crippen LogP contribution in [0.3, 0.4) is 0 Å². The molecule has 132 valence electrons. The largest absolute Gasteiger partial charge is 0.464 e. The molecule has 0 N–H and O–H groups in total. The summed E-state index contributed by atoms with van der Waals surface area (Å²) < 4.78 is 7.49. The van der Waals surface area contributed by atoms with Crippen LogP contribution in [0.2, 0.25) is 0 Å². The summed E-state index contributed by atoms with van der Waals surface area (Å²) in [6, 6.07) is 11.0. The van der Waals surface area contributed by atoms with Gasteiger partial charge in [0.2, 0.25) is 0 Å². The maximum atomic E-state index is 12.8. The van der Waals surface area contributed by atoms with Gasteiger partial charge in [0.05, 0.1) is 11.1 Å². The highest BCUT2D eigenvalue weighted by atomic mass is 32.1. The van der Waals surface area contributed by atoms with Crippen LogP contribution < -0.4 is 5.56 Å². The molecule has 5 heterocycles. The van der Waals surface area contributed by atoms with Crippen molar-refractivity contribution in [1.29, 1.82) is 0 Å². The Morgan fingerprint density at radius 2 is 2.04 bits per heavy atom. The fourth-order valence-electron chi connectivity index (χ4n) is 4.38. The number of furan rings is 1. The van der Waals surface area contributed by atoms with E-state index in [1.807, 2.05) is 45.2 Å². The summed E-state index contributed by atoms with van der Waals surface area (Å²) in [7, 11) is 0. The minimum absolute atomic E-state index is 0.0306. The molecule has 26 heavy (non-hydrogen) atoms. The molecule has 0 radical (unpaired) electrons. The minimum Gasteiger partial charge on any atom is -0.464 e. The quantitative estimate of drug-likeness (QED) is 0.698. The zero-order chi connectivity index (χ0) is 17.7. The Morgan fingerprint density at radius 1 is 1.12 bits per heavy atom. The van der Waals surface area contributed by atoms with Gasteiger partial charge in [-0.15, -0.1) is 11.3 Å². The van der Waals surface area contributed by atoms with Crippen molar-refractivity contribution in [2.75, 3.05) is 13.1 Å². The van der Waals surface area contributed by atoms with E-state index in [1.54, 1.807) is 12.3 Å². The normalized spacial score (nSPS) is 21.5. The van der Waals surface area contributed by atoms with Crippen molar-refractivity contribution >= 4 is 17.2 Å². The number of nitrogens with zero attached hydrogens (tertiary/aromatic N) is 2. The highest BCUT2D eigenvalue weighted by Gasteiger charge is 2.38. The molecular weight excluding hydrogens is 348 g/mol. The maximum Gasteiger partial charge on any atom is 0.263 e. The third-order valence-corrected chi connectivity index (χ3v) is 6.25. The second-order valence-electron chi connectivity index (χ2n) is 7.04. The average Bonchev–Trinajstić information content (AvgIpc) is 3.35. The number of piperidine rings is 1. The van der Waals surface area contributed by atoms with E-state index in [9.17, 15) is 9.59 Å². The van der Waals surface area contributed by atoms with Gasteiger partial charge in [-0.25, -0.2) is 0 Å². The number of likely N-dealkylation sites (tertiary alicyclic amines) is 1. The Kier molecular flexibility index (Phi) is 3.60. The van der Waals surface area contributed by atoms with E-state index in [2.05, 4.69) is 0 Å². The van der Waals surface area contributed by atoms with E-state index in [0.717, 1.165) is 28.3 Å². The predicted octanol–water partition coefficient (Wildman–Crippen LogP) is 3.43. The van der Waals surface area contributed by atoms with Crippen LogP contribution in [0.15, 0.2) is 57.3 Å². The predicted molar refractivity (Wildman–Crippen MR) is 99.5 cm³/mol. The number of rotatable bonds is 2. The van der Waals surface area contributed by atoms with Crippen LogP contribution >= 0.6 is 11.3 Å². The molecule has 0 spiro atoms. The first-order valence-corrected chi connectivity index (χ1v) is 9.69. The standard InChI is InChI=1S/C20H18N2O3S/c23-18-6-5-15(16-3-1-7-25-16)19-14-9-13(11-22(18)19)10-21(12-14)20(24)17-4-2-8-26-17/h1-8,13-14H,9-12H2/t13-,14+/m0/s1. The van der Waals surface area contributed by atoms with Crippen molar-refractivity contribution in [3.05, 3.63) is 69.0 Å². The topological polar surface area (TPSA) is 55.5 Å². The molecule has 6 heteroatoms. The molecule has 3 aromatic rings. The smallest absolute Gasteiger partial charge is 0.263 e. The highest BCUT2D eigenvalue weighted by molar-refractivity contribution is 7.12. The van der Waals surface area contributed by atoms with E-state index in [1.165, 1.54) is 11.3 Å². The Bertz CT molecular complexity index is 1000. The molecule has 1 saturated heterocycles. The number of carbonyl (C=O) groups excluding carboxylic acids is 1. The Hall–Kier alpha value is -2.60. The molecule has 2 aliphatic heterocycles. The molecule has 3 aromatic heterocycles. The Labute approximate surface area is 154 Å². The molecule has 2 bridgehead atoms. The summed E-state index contributed by atoms with van der Waals surface area (Å²) in [6.07, 6.45) is 2.65. The number of thiophene rings is 1. The maximum absolute atomic E-state index is 12.8. The Balaban J connectivity index is 1.56. The van der Waals surface area contributed by atoms with E-state index < -0.39 is 0 Å². The zero-order valence-electron chi connectivity index (χ0n) is 14.1. The van der Waals surface area contributed by atoms with Gasteiger partial charge in [-0.05, 0) is 42.0 Å². The summed E-state index contributed by atoms with van der Waals surface area (Å²) in [4.78, 5) is 28.0. The van der Waals surface area contributed by atoms with Crippen LogP contribution in [0, 0.1) is 5.92 Å². The van der Waals surface area contributed by atoms with Crippen LogP contribution in [0.25, 0.3) is 11.3 Å². The molecule has 5 nitrogen and oxygen atoms in total. The molecule has 0 saturated carbocycles. The van der Waals surface area contributed by atoms with Gasteiger partial charge in [-0.3, -0.25) is 9.59 Å². The number of hydrogen-bond acceptors (Lipinski definition) is 4. The molecule has 5 rings (SSSR count). The van der Waals surface area contributed by atoms with Gasteiger partial charge in [0, 0.05) is 42.9 Å². The monoisotopic (exact) mass is 366 g/mol. The fraction of sp³-hybridized carbons (Fsp3) is 0.300. The molecule has 0 aromatic carbocycles. The zero-order valence-corrected chi connectivity index (χ0v) is 14.9. The van der Waals surface area contributed by atoms with Gasteiger partial charge < -0.3 is 13.9 Å². The van der Waals surface area contributed by atoms with Gasteiger partial charge in [0.15, 0.2) is 0 Å². The Morgan fingerprint density at radius 3 is 2.81 bits per heavy atom. The summed E-state index contributed by atoms with van der Waals surface area (Å²) in [5.41, 5.74) is 2.00. The fourth-order valence-corrected chi connectivity index (χ4v) is 5.07. The third kappa shape index (κ3) is 2.44. The average molecular weight is 366 g/mol. The first-order valence-electron chi connectivity index (χ1n) is 8.81. The van der Waals surface area contributed by atoms with Crippen LogP contribution in [-0.4, -0.2) is 28.5 Å². The van der Waals surface area contributed by atoms with Crippen molar-refractivity contribution in [3.63, 3.8) is 0 Å². The first-order chi connectivity index (χ1) is 12.7. The van der Waals surface area contributed by atoms with Gasteiger partial charge in [-0.1, -0.05) is 6.07 Å². The lowest BCUT2D eigenvalue weighted by Crippen LogP contribution is -2.49. The van der Waals surface area contributed by atoms with Gasteiger partial charge >= 0.3 is 0 Å². The first kappa shape index (κ1) is 15.6.